The van der Waals surface area contributed by atoms with Crippen LogP contribution in [0.15, 0.2) is 26.9 Å². The Labute approximate surface area is 246 Å². The number of nitrogens with zero attached hydrogens (tertiary/aromatic N) is 2. The van der Waals surface area contributed by atoms with Crippen LogP contribution in [0.4, 0.5) is 0 Å². The fourth-order valence-electron chi connectivity index (χ4n) is 4.90. The number of aromatic nitrogens is 2. The fourth-order valence-corrected chi connectivity index (χ4v) is 9.74. The van der Waals surface area contributed by atoms with Crippen molar-refractivity contribution in [1.29, 1.82) is 0 Å². The lowest BCUT2D eigenvalue weighted by molar-refractivity contribution is -0.0569. The van der Waals surface area contributed by atoms with E-state index in [2.05, 4.69) is 40.8 Å². The van der Waals surface area contributed by atoms with Crippen LogP contribution < -0.4 is 17.0 Å². The third kappa shape index (κ3) is 5.72. The van der Waals surface area contributed by atoms with E-state index in [0.717, 1.165) is 9.98 Å². The summed E-state index contributed by atoms with van der Waals surface area (Å²) in [6.45, 7) is 24.6. The van der Waals surface area contributed by atoms with Gasteiger partial charge in [0.1, 0.15) is 12.2 Å². The van der Waals surface area contributed by atoms with Gasteiger partial charge in [0.05, 0.1) is 17.7 Å². The highest BCUT2D eigenvalue weighted by Gasteiger charge is 2.67. The Morgan fingerprint density at radius 1 is 1.10 bits per heavy atom. The monoisotopic (exact) mass is 631 g/mol. The van der Waals surface area contributed by atoms with Gasteiger partial charge >= 0.3 is 5.69 Å². The molecule has 2 N–H and O–H groups in total. The molecule has 1 fully saturated rings. The number of aryl methyl sites for hydroxylation is 1. The number of hydrogen-bond donors (Lipinski definition) is 1. The molecule has 4 atom stereocenters. The zero-order valence-electron chi connectivity index (χ0n) is 26.8. The van der Waals surface area contributed by atoms with Crippen LogP contribution in [-0.4, -0.2) is 58.6 Å². The molecule has 0 aliphatic carbocycles. The van der Waals surface area contributed by atoms with Gasteiger partial charge in [-0.05, 0) is 49.1 Å². The van der Waals surface area contributed by atoms with E-state index in [1.54, 1.807) is 6.92 Å². The Hall–Kier alpha value is -1.56. The van der Waals surface area contributed by atoms with E-state index in [1.165, 1.54) is 17.8 Å². The summed E-state index contributed by atoms with van der Waals surface area (Å²) in [6.07, 6.45) is -1.91. The molecule has 1 aromatic heterocycles. The molecule has 1 spiro atoms. The summed E-state index contributed by atoms with van der Waals surface area (Å²) in [4.78, 5) is 26.0. The molecule has 14 heteroatoms. The van der Waals surface area contributed by atoms with Crippen LogP contribution in [0, 0.1) is 12.8 Å². The maximum Gasteiger partial charge on any atom is 0.332 e. The maximum absolute atomic E-state index is 13.5. The lowest BCUT2D eigenvalue weighted by atomic mass is 9.89. The highest BCUT2D eigenvalue weighted by molar-refractivity contribution is 7.90. The number of rotatable bonds is 8. The van der Waals surface area contributed by atoms with Gasteiger partial charge in [0.15, 0.2) is 28.5 Å². The summed E-state index contributed by atoms with van der Waals surface area (Å²) in [7, 11) is -7.88. The van der Waals surface area contributed by atoms with E-state index in [9.17, 15) is 18.0 Å². The van der Waals surface area contributed by atoms with Crippen LogP contribution in [0.25, 0.3) is 0 Å². The van der Waals surface area contributed by atoms with Gasteiger partial charge in [0, 0.05) is 18.8 Å². The normalized spacial score (nSPS) is 27.2. The van der Waals surface area contributed by atoms with Crippen LogP contribution in [0.5, 0.6) is 0 Å². The Morgan fingerprint density at radius 3 is 2.12 bits per heavy atom. The van der Waals surface area contributed by atoms with Crippen LogP contribution >= 0.6 is 0 Å². The molecular formula is C27H49N3O8SSi2. The predicted octanol–water partition coefficient (Wildman–Crippen LogP) is 3.70. The van der Waals surface area contributed by atoms with Gasteiger partial charge < -0.3 is 19.3 Å². The van der Waals surface area contributed by atoms with E-state index in [-0.39, 0.29) is 22.4 Å². The van der Waals surface area contributed by atoms with Crippen molar-refractivity contribution < 1.29 is 26.2 Å². The molecule has 2 aliphatic heterocycles. The lowest BCUT2D eigenvalue weighted by Crippen LogP contribution is -2.59. The second kappa shape index (κ2) is 10.6. The Morgan fingerprint density at radius 2 is 1.66 bits per heavy atom. The van der Waals surface area contributed by atoms with Gasteiger partial charge in [-0.2, -0.15) is 8.42 Å². The quantitative estimate of drug-likeness (QED) is 0.336. The summed E-state index contributed by atoms with van der Waals surface area (Å²) in [6, 6.07) is 0. The van der Waals surface area contributed by atoms with Crippen LogP contribution in [0.2, 0.25) is 36.3 Å². The molecule has 234 valence electrons. The SMILES string of the molecule is Cc1cn([C@@H]2OC(CO[Si](C)(C)C(C)(C)C(C)C)C3(OS(=O)(=O)C=C3N)[C@H]2O[Si](C)(C)C(C)(C)C)c(=O)n(C)c1=O. The van der Waals surface area contributed by atoms with Gasteiger partial charge in [-0.25, -0.2) is 8.98 Å². The number of ether oxygens (including phenoxy) is 1. The first-order chi connectivity index (χ1) is 18.3. The van der Waals surface area contributed by atoms with Crippen LogP contribution in [-0.2, 0) is 34.9 Å². The van der Waals surface area contributed by atoms with Gasteiger partial charge in [0.25, 0.3) is 15.7 Å². The maximum atomic E-state index is 13.5. The lowest BCUT2D eigenvalue weighted by Gasteiger charge is -2.45. The van der Waals surface area contributed by atoms with Crippen LogP contribution in [0.1, 0.15) is 60.3 Å². The average molecular weight is 632 g/mol. The minimum absolute atomic E-state index is 0.0349. The smallest absolute Gasteiger partial charge is 0.332 e. The van der Waals surface area contributed by atoms with Crippen molar-refractivity contribution in [3.05, 3.63) is 43.7 Å². The number of hydrogen-bond acceptors (Lipinski definition) is 9. The molecule has 0 amide bonds. The van der Waals surface area contributed by atoms with E-state index >= 15 is 0 Å². The van der Waals surface area contributed by atoms with Crippen LogP contribution in [0.3, 0.4) is 0 Å². The first-order valence-corrected chi connectivity index (χ1v) is 21.3. The van der Waals surface area contributed by atoms with Crippen molar-refractivity contribution in [3.63, 3.8) is 0 Å². The first-order valence-electron chi connectivity index (χ1n) is 14.0. The molecule has 2 aliphatic rings. The summed E-state index contributed by atoms with van der Waals surface area (Å²) in [5.74, 6) is 0.324. The molecule has 3 heterocycles. The Kier molecular flexibility index (Phi) is 8.74. The van der Waals surface area contributed by atoms with Crippen molar-refractivity contribution in [3.8, 4) is 0 Å². The van der Waals surface area contributed by atoms with Crippen molar-refractivity contribution in [1.82, 2.24) is 9.13 Å². The summed E-state index contributed by atoms with van der Waals surface area (Å²) >= 11 is 0. The zero-order chi connectivity index (χ0) is 31.7. The van der Waals surface area contributed by atoms with Gasteiger partial charge in [-0.1, -0.05) is 48.5 Å². The predicted molar refractivity (Wildman–Crippen MR) is 164 cm³/mol. The van der Waals surface area contributed by atoms with E-state index in [1.807, 2.05) is 33.9 Å². The minimum atomic E-state index is -4.20. The molecule has 0 bridgehead atoms. The Bertz CT molecular complexity index is 1440. The summed E-state index contributed by atoms with van der Waals surface area (Å²) < 4.78 is 54.1. The molecule has 0 radical (unpaired) electrons. The van der Waals surface area contributed by atoms with E-state index in [4.69, 9.17) is 23.5 Å². The summed E-state index contributed by atoms with van der Waals surface area (Å²) in [5, 5.41) is 0.470. The molecule has 1 aromatic rings. The average Bonchev–Trinajstić information content (AvgIpc) is 3.24. The largest absolute Gasteiger partial charge is 0.414 e. The standard InChI is InChI=1S/C27H49N3O8SSi2/c1-17(2)26(7,8)41(12,13)35-15-20-27(19(28)16-39(33,34)38-27)21(37-40(10,11)25(4,5)6)23(36-20)30-14-18(3)22(31)29(9)24(30)32/h14,16-17,20-21,23H,15,28H2,1-13H3/t20?,21-,23+,27?/m0/s1. The first kappa shape index (κ1) is 33.9. The van der Waals surface area contributed by atoms with Crippen molar-refractivity contribution >= 4 is 26.8 Å². The molecule has 0 aromatic carbocycles. The van der Waals surface area contributed by atoms with E-state index < -0.39 is 62.0 Å². The van der Waals surface area contributed by atoms with Gasteiger partial charge in [0.2, 0.25) is 0 Å². The molecule has 0 saturated carbocycles. The molecular weight excluding hydrogens is 583 g/mol. The van der Waals surface area contributed by atoms with Gasteiger partial charge in [-0.15, -0.1) is 0 Å². The third-order valence-corrected chi connectivity index (χ3v) is 20.1. The molecule has 41 heavy (non-hydrogen) atoms. The molecule has 1 saturated heterocycles. The van der Waals surface area contributed by atoms with Crippen molar-refractivity contribution in [2.45, 2.75) is 116 Å². The number of nitrogens with two attached hydrogens (primary N) is 1. The Balaban J connectivity index is 2.26. The van der Waals surface area contributed by atoms with Crippen molar-refractivity contribution in [2.75, 3.05) is 6.61 Å². The van der Waals surface area contributed by atoms with Crippen molar-refractivity contribution in [2.24, 2.45) is 18.7 Å². The van der Waals surface area contributed by atoms with Gasteiger partial charge in [-0.3, -0.25) is 13.9 Å². The summed E-state index contributed by atoms with van der Waals surface area (Å²) in [5.41, 5.74) is 3.90. The highest BCUT2D eigenvalue weighted by Crippen LogP contribution is 2.52. The highest BCUT2D eigenvalue weighted by atomic mass is 32.2. The second-order valence-corrected chi connectivity index (χ2v) is 25.1. The molecule has 2 unspecified atom stereocenters. The van der Waals surface area contributed by atoms with E-state index in [0.29, 0.717) is 11.5 Å². The molecule has 3 rings (SSSR count). The third-order valence-electron chi connectivity index (χ3n) is 10.0. The minimum Gasteiger partial charge on any atom is -0.414 e. The second-order valence-electron chi connectivity index (χ2n) is 14.3. The topological polar surface area (TPSA) is 141 Å². The molecule has 11 nitrogen and oxygen atoms in total. The fraction of sp³-hybridized carbons (Fsp3) is 0.778. The zero-order valence-corrected chi connectivity index (χ0v) is 29.6.